The SMILES string of the molecule is CCOC(=O)C1=C(C)N=c2s/c(=C/c3cccc(OCc4ccccc4)c3)c(=O)n2[C@H]1c1cccs1. The van der Waals surface area contributed by atoms with Crippen molar-refractivity contribution in [3.05, 3.63) is 119 Å². The Hall–Kier alpha value is -3.75. The molecular formula is C28H24N2O4S2. The molecule has 0 spiro atoms. The number of aromatic nitrogens is 1. The Balaban J connectivity index is 1.53. The highest BCUT2D eigenvalue weighted by Gasteiger charge is 2.33. The van der Waals surface area contributed by atoms with Crippen LogP contribution in [-0.4, -0.2) is 17.1 Å². The van der Waals surface area contributed by atoms with Gasteiger partial charge in [0.05, 0.1) is 22.4 Å². The van der Waals surface area contributed by atoms with Crippen LogP contribution in [0, 0.1) is 0 Å². The average molecular weight is 517 g/mol. The van der Waals surface area contributed by atoms with Gasteiger partial charge in [0.1, 0.15) is 18.4 Å². The lowest BCUT2D eigenvalue weighted by Crippen LogP contribution is -2.39. The van der Waals surface area contributed by atoms with Gasteiger partial charge in [-0.2, -0.15) is 0 Å². The standard InChI is InChI=1S/C28H24N2O4S2/c1-3-33-27(32)24-18(2)29-28-30(25(24)22-13-8-14-35-22)26(31)23(36-28)16-20-11-7-12-21(15-20)34-17-19-9-5-4-6-10-19/h4-16,25H,3,17H2,1-2H3/b23-16+/t25-/m0/s1. The number of hydrogen-bond acceptors (Lipinski definition) is 7. The van der Waals surface area contributed by atoms with Gasteiger partial charge < -0.3 is 9.47 Å². The maximum Gasteiger partial charge on any atom is 0.338 e. The maximum atomic E-state index is 13.6. The molecule has 2 aromatic carbocycles. The summed E-state index contributed by atoms with van der Waals surface area (Å²) in [5.41, 5.74) is 2.70. The third kappa shape index (κ3) is 4.82. The van der Waals surface area contributed by atoms with Crippen molar-refractivity contribution in [1.82, 2.24) is 4.57 Å². The van der Waals surface area contributed by atoms with E-state index in [0.717, 1.165) is 21.8 Å². The zero-order valence-electron chi connectivity index (χ0n) is 19.8. The van der Waals surface area contributed by atoms with Crippen LogP contribution < -0.4 is 19.6 Å². The van der Waals surface area contributed by atoms with E-state index in [1.54, 1.807) is 18.4 Å². The van der Waals surface area contributed by atoms with Gasteiger partial charge in [-0.05, 0) is 54.6 Å². The number of rotatable bonds is 7. The molecule has 0 saturated carbocycles. The van der Waals surface area contributed by atoms with Gasteiger partial charge in [-0.15, -0.1) is 11.3 Å². The van der Waals surface area contributed by atoms with Gasteiger partial charge in [-0.25, -0.2) is 9.79 Å². The number of carbonyl (C=O) groups is 1. The highest BCUT2D eigenvalue weighted by molar-refractivity contribution is 7.10. The second-order valence-corrected chi connectivity index (χ2v) is 10.2. The molecule has 0 amide bonds. The Morgan fingerprint density at radius 2 is 1.94 bits per heavy atom. The highest BCUT2D eigenvalue weighted by atomic mass is 32.1. The van der Waals surface area contributed by atoms with Crippen molar-refractivity contribution in [2.45, 2.75) is 26.5 Å². The fourth-order valence-electron chi connectivity index (χ4n) is 4.09. The molecule has 0 N–H and O–H groups in total. The van der Waals surface area contributed by atoms with Gasteiger partial charge in [0.15, 0.2) is 4.80 Å². The summed E-state index contributed by atoms with van der Waals surface area (Å²) in [6.45, 7) is 4.27. The number of thiazole rings is 1. The number of thiophene rings is 1. The predicted molar refractivity (Wildman–Crippen MR) is 142 cm³/mol. The molecular weight excluding hydrogens is 492 g/mol. The first kappa shape index (κ1) is 24.0. The van der Waals surface area contributed by atoms with E-state index in [9.17, 15) is 9.59 Å². The van der Waals surface area contributed by atoms with Crippen LogP contribution >= 0.6 is 22.7 Å². The van der Waals surface area contributed by atoms with Crippen molar-refractivity contribution in [3.63, 3.8) is 0 Å². The van der Waals surface area contributed by atoms with E-state index >= 15 is 0 Å². The molecule has 36 heavy (non-hydrogen) atoms. The van der Waals surface area contributed by atoms with Crippen LogP contribution in [0.4, 0.5) is 0 Å². The molecule has 3 heterocycles. The van der Waals surface area contributed by atoms with Crippen molar-refractivity contribution in [3.8, 4) is 5.75 Å². The molecule has 1 aliphatic rings. The molecule has 182 valence electrons. The van der Waals surface area contributed by atoms with E-state index in [0.29, 0.717) is 27.2 Å². The fourth-order valence-corrected chi connectivity index (χ4v) is 5.96. The van der Waals surface area contributed by atoms with E-state index in [1.807, 2.05) is 78.2 Å². The molecule has 5 rings (SSSR count). The van der Waals surface area contributed by atoms with Crippen molar-refractivity contribution in [1.29, 1.82) is 0 Å². The minimum Gasteiger partial charge on any atom is -0.489 e. The van der Waals surface area contributed by atoms with E-state index in [2.05, 4.69) is 4.99 Å². The van der Waals surface area contributed by atoms with Gasteiger partial charge >= 0.3 is 5.97 Å². The van der Waals surface area contributed by atoms with Crippen LogP contribution in [0.3, 0.4) is 0 Å². The molecule has 6 nitrogen and oxygen atoms in total. The normalized spacial score (nSPS) is 15.4. The number of allylic oxidation sites excluding steroid dienone is 1. The molecule has 2 aromatic heterocycles. The maximum absolute atomic E-state index is 13.6. The Labute approximate surface area is 216 Å². The number of benzene rings is 2. The van der Waals surface area contributed by atoms with E-state index in [4.69, 9.17) is 9.47 Å². The average Bonchev–Trinajstić information content (AvgIpc) is 3.52. The van der Waals surface area contributed by atoms with Crippen molar-refractivity contribution in [2.75, 3.05) is 6.61 Å². The topological polar surface area (TPSA) is 69.9 Å². The number of ether oxygens (including phenoxy) is 2. The molecule has 1 aliphatic heterocycles. The number of esters is 1. The summed E-state index contributed by atoms with van der Waals surface area (Å²) in [5.74, 6) is 0.270. The summed E-state index contributed by atoms with van der Waals surface area (Å²) in [5, 5.41) is 1.93. The lowest BCUT2D eigenvalue weighted by atomic mass is 10.0. The first-order valence-electron chi connectivity index (χ1n) is 11.5. The Kier molecular flexibility index (Phi) is 6.97. The molecule has 0 radical (unpaired) electrons. The number of carbonyl (C=O) groups excluding carboxylic acids is 1. The van der Waals surface area contributed by atoms with Crippen LogP contribution in [-0.2, 0) is 16.1 Å². The summed E-state index contributed by atoms with van der Waals surface area (Å²) in [4.78, 5) is 32.6. The van der Waals surface area contributed by atoms with Crippen LogP contribution in [0.2, 0.25) is 0 Å². The third-order valence-corrected chi connectivity index (χ3v) is 7.64. The van der Waals surface area contributed by atoms with Gasteiger partial charge in [0.2, 0.25) is 0 Å². The summed E-state index contributed by atoms with van der Waals surface area (Å²) < 4.78 is 13.4. The quantitative estimate of drug-likeness (QED) is 0.341. The molecule has 1 atom stereocenters. The van der Waals surface area contributed by atoms with Crippen LogP contribution in [0.1, 0.15) is 35.9 Å². The summed E-state index contributed by atoms with van der Waals surface area (Å²) in [6.07, 6.45) is 1.84. The molecule has 0 fully saturated rings. The third-order valence-electron chi connectivity index (χ3n) is 5.73. The van der Waals surface area contributed by atoms with Crippen molar-refractivity contribution < 1.29 is 14.3 Å². The zero-order valence-corrected chi connectivity index (χ0v) is 21.5. The minimum atomic E-state index is -0.567. The lowest BCUT2D eigenvalue weighted by Gasteiger charge is -2.23. The van der Waals surface area contributed by atoms with Gasteiger partial charge in [-0.1, -0.05) is 59.9 Å². The lowest BCUT2D eigenvalue weighted by molar-refractivity contribution is -0.139. The number of nitrogens with zero attached hydrogens (tertiary/aromatic N) is 2. The summed E-state index contributed by atoms with van der Waals surface area (Å²) in [7, 11) is 0. The molecule has 0 saturated heterocycles. The Morgan fingerprint density at radius 1 is 1.11 bits per heavy atom. The second-order valence-electron chi connectivity index (χ2n) is 8.16. The Bertz CT molecular complexity index is 1600. The first-order valence-corrected chi connectivity index (χ1v) is 13.2. The van der Waals surface area contributed by atoms with E-state index < -0.39 is 12.0 Å². The van der Waals surface area contributed by atoms with Crippen LogP contribution in [0.25, 0.3) is 6.08 Å². The molecule has 0 unspecified atom stereocenters. The molecule has 4 aromatic rings. The minimum absolute atomic E-state index is 0.193. The monoisotopic (exact) mass is 516 g/mol. The Morgan fingerprint density at radius 3 is 2.69 bits per heavy atom. The number of hydrogen-bond donors (Lipinski definition) is 0. The summed E-state index contributed by atoms with van der Waals surface area (Å²) in [6, 6.07) is 20.9. The highest BCUT2D eigenvalue weighted by Crippen LogP contribution is 2.33. The molecule has 8 heteroatoms. The van der Waals surface area contributed by atoms with Gasteiger partial charge in [-0.3, -0.25) is 9.36 Å². The first-order chi connectivity index (χ1) is 17.5. The number of fused-ring (bicyclic) bond motifs is 1. The summed E-state index contributed by atoms with van der Waals surface area (Å²) >= 11 is 2.81. The second kappa shape index (κ2) is 10.5. The predicted octanol–water partition coefficient (Wildman–Crippen LogP) is 4.44. The zero-order chi connectivity index (χ0) is 25.1. The molecule has 0 bridgehead atoms. The fraction of sp³-hybridized carbons (Fsp3) is 0.179. The molecule has 0 aliphatic carbocycles. The largest absolute Gasteiger partial charge is 0.489 e. The van der Waals surface area contributed by atoms with Crippen LogP contribution in [0.5, 0.6) is 5.75 Å². The smallest absolute Gasteiger partial charge is 0.338 e. The van der Waals surface area contributed by atoms with E-state index in [-0.39, 0.29) is 12.2 Å². The van der Waals surface area contributed by atoms with Gasteiger partial charge in [0, 0.05) is 4.88 Å². The van der Waals surface area contributed by atoms with Crippen molar-refractivity contribution in [2.24, 2.45) is 4.99 Å². The van der Waals surface area contributed by atoms with E-state index in [1.165, 1.54) is 22.7 Å². The van der Waals surface area contributed by atoms with Gasteiger partial charge in [0.25, 0.3) is 5.56 Å². The van der Waals surface area contributed by atoms with Crippen LogP contribution in [0.15, 0.2) is 93.2 Å². The van der Waals surface area contributed by atoms with Crippen molar-refractivity contribution >= 4 is 34.7 Å².